The Morgan fingerprint density at radius 2 is 1.82 bits per heavy atom. The minimum absolute atomic E-state index is 0.0204. The largest absolute Gasteiger partial charge is 0.453 e. The summed E-state index contributed by atoms with van der Waals surface area (Å²) >= 11 is 0. The summed E-state index contributed by atoms with van der Waals surface area (Å²) in [6, 6.07) is 1.38. The number of likely N-dealkylation sites (tertiary alicyclic amines) is 1. The van der Waals surface area contributed by atoms with Crippen molar-refractivity contribution in [3.8, 4) is 18.9 Å². The van der Waals surface area contributed by atoms with Gasteiger partial charge in [-0.05, 0) is 25.2 Å². The van der Waals surface area contributed by atoms with E-state index in [9.17, 15) is 32.3 Å². The minimum atomic E-state index is -4.27. The number of carbonyl (C=O) groups is 4. The second kappa shape index (κ2) is 22.7. The van der Waals surface area contributed by atoms with Crippen molar-refractivity contribution in [2.75, 3.05) is 33.3 Å². The highest BCUT2D eigenvalue weighted by Gasteiger charge is 2.44. The van der Waals surface area contributed by atoms with Gasteiger partial charge in [0.05, 0.1) is 19.1 Å². The summed E-state index contributed by atoms with van der Waals surface area (Å²) in [4.78, 5) is 44.3. The highest BCUT2D eigenvalue weighted by atomic mass is 19.4. The van der Waals surface area contributed by atoms with E-state index < -0.39 is 30.1 Å². The molecule has 38 heavy (non-hydrogen) atoms. The smallest absolute Gasteiger partial charge is 0.407 e. The van der Waals surface area contributed by atoms with Crippen molar-refractivity contribution in [3.05, 3.63) is 0 Å². The summed E-state index contributed by atoms with van der Waals surface area (Å²) in [5, 5.41) is 15.8. The number of nitrogens with zero attached hydrogens (tertiary/aromatic N) is 2. The van der Waals surface area contributed by atoms with Gasteiger partial charge in [-0.15, -0.1) is 12.8 Å². The van der Waals surface area contributed by atoms with Crippen LogP contribution in [0.3, 0.4) is 0 Å². The number of terminal acetylenes is 1. The van der Waals surface area contributed by atoms with Gasteiger partial charge in [0.25, 0.3) is 0 Å². The lowest BCUT2D eigenvalue weighted by atomic mass is 9.99. The molecule has 0 spiro atoms. The van der Waals surface area contributed by atoms with E-state index in [-0.39, 0.29) is 37.9 Å². The summed E-state index contributed by atoms with van der Waals surface area (Å²) in [7, 11) is 1.13. The molecule has 2 fully saturated rings. The van der Waals surface area contributed by atoms with Gasteiger partial charge in [-0.2, -0.15) is 18.4 Å². The quantitative estimate of drug-likeness (QED) is 0.344. The fourth-order valence-electron chi connectivity index (χ4n) is 2.98. The number of nitrogens with one attached hydrogen (secondary N) is 3. The Balaban J connectivity index is -0.000000516. The highest BCUT2D eigenvalue weighted by molar-refractivity contribution is 5.82. The fourth-order valence-corrected chi connectivity index (χ4v) is 2.98. The van der Waals surface area contributed by atoms with Crippen molar-refractivity contribution < 1.29 is 37.1 Å². The van der Waals surface area contributed by atoms with Crippen LogP contribution in [0.1, 0.15) is 53.9 Å². The van der Waals surface area contributed by atoms with Crippen molar-refractivity contribution >= 4 is 24.3 Å². The average molecular weight is 550 g/mol. The molecule has 0 bridgehead atoms. The molecule has 218 valence electrons. The lowest BCUT2D eigenvalue weighted by Crippen LogP contribution is -2.39. The molecule has 0 aliphatic carbocycles. The summed E-state index contributed by atoms with van der Waals surface area (Å²) in [5.41, 5.74) is 0. The molecule has 0 radical (unpaired) electrons. The summed E-state index contributed by atoms with van der Waals surface area (Å²) in [6.07, 6.45) is 4.49. The molecular formula is C25H42F3N5O5. The molecule has 13 heteroatoms. The molecule has 0 saturated carbocycles. The minimum Gasteiger partial charge on any atom is -0.453 e. The van der Waals surface area contributed by atoms with Crippen molar-refractivity contribution in [1.82, 2.24) is 20.9 Å². The second-order valence-corrected chi connectivity index (χ2v) is 8.42. The van der Waals surface area contributed by atoms with Crippen LogP contribution in [-0.4, -0.2) is 74.7 Å². The second-order valence-electron chi connectivity index (χ2n) is 8.42. The Morgan fingerprint density at radius 3 is 2.18 bits per heavy atom. The summed E-state index contributed by atoms with van der Waals surface area (Å²) in [6.45, 7) is 10.5. The molecule has 4 amide bonds. The normalized spacial score (nSPS) is 18.1. The molecule has 2 aliphatic heterocycles. The van der Waals surface area contributed by atoms with E-state index in [1.165, 1.54) is 0 Å². The van der Waals surface area contributed by atoms with Crippen LogP contribution in [0.4, 0.5) is 18.0 Å². The Bertz CT molecular complexity index is 751. The predicted octanol–water partition coefficient (Wildman–Crippen LogP) is 2.84. The third-order valence-electron chi connectivity index (χ3n) is 4.68. The molecule has 3 N–H and O–H groups in total. The van der Waals surface area contributed by atoms with Crippen LogP contribution >= 0.6 is 0 Å². The SMILES string of the molecule is C#C.CC.CC(C)C.COC(=O)NCC(=O)N1CC[C@@H](C(F)(F)F)C1.N#C[C@H](C[C@@H]1CCNC1=O)NC=O. The van der Waals surface area contributed by atoms with Gasteiger partial charge in [0.2, 0.25) is 18.2 Å². The monoisotopic (exact) mass is 549 g/mol. The van der Waals surface area contributed by atoms with Gasteiger partial charge in [-0.1, -0.05) is 34.6 Å². The number of carbonyl (C=O) groups excluding carboxylic acids is 4. The van der Waals surface area contributed by atoms with Gasteiger partial charge >= 0.3 is 12.3 Å². The third kappa shape index (κ3) is 18.7. The number of hydrogen-bond donors (Lipinski definition) is 3. The van der Waals surface area contributed by atoms with E-state index in [4.69, 9.17) is 5.26 Å². The van der Waals surface area contributed by atoms with Crippen LogP contribution < -0.4 is 16.0 Å². The number of nitriles is 1. The van der Waals surface area contributed by atoms with E-state index in [0.29, 0.717) is 19.4 Å². The van der Waals surface area contributed by atoms with Crippen LogP contribution in [0.25, 0.3) is 0 Å². The number of hydrogen-bond acceptors (Lipinski definition) is 6. The summed E-state index contributed by atoms with van der Waals surface area (Å²) < 4.78 is 41.3. The van der Waals surface area contributed by atoms with Crippen LogP contribution in [0, 0.1) is 41.9 Å². The first-order chi connectivity index (χ1) is 17.8. The number of alkyl halides is 3. The van der Waals surface area contributed by atoms with Crippen LogP contribution in [0.5, 0.6) is 0 Å². The van der Waals surface area contributed by atoms with Crippen LogP contribution in [0.2, 0.25) is 0 Å². The van der Waals surface area contributed by atoms with Crippen molar-refractivity contribution in [3.63, 3.8) is 0 Å². The topological polar surface area (TPSA) is 141 Å². The van der Waals surface area contributed by atoms with E-state index in [2.05, 4.69) is 54.3 Å². The molecule has 2 saturated heterocycles. The Morgan fingerprint density at radius 1 is 1.26 bits per heavy atom. The zero-order valence-electron chi connectivity index (χ0n) is 23.1. The van der Waals surface area contributed by atoms with Gasteiger partial charge in [0.1, 0.15) is 12.6 Å². The molecular weight excluding hydrogens is 507 g/mol. The maximum atomic E-state index is 12.3. The number of ether oxygens (including phenoxy) is 1. The van der Waals surface area contributed by atoms with Gasteiger partial charge in [0, 0.05) is 25.6 Å². The molecule has 0 aromatic heterocycles. The Kier molecular flexibility index (Phi) is 23.3. The fraction of sp³-hybridized carbons (Fsp3) is 0.720. The molecule has 2 rings (SSSR count). The summed E-state index contributed by atoms with van der Waals surface area (Å²) in [5.74, 6) is -1.32. The van der Waals surface area contributed by atoms with Crippen molar-refractivity contribution in [1.29, 1.82) is 5.26 Å². The standard InChI is InChI=1S/C9H13F3N2O3.C8H11N3O2.C4H10.C2H6.C2H2/c1-17-8(16)13-4-7(15)14-3-2-6(5-14)9(10,11)12;9-4-7(11-5-12)3-6-1-2-10-8(6)13;1-4(2)3;2*1-2/h6H,2-5H2,1H3,(H,13,16);5-7H,1-3H2,(H,10,13)(H,11,12);4H,1-3H3;1-2H3;1-2H/t6-;6-,7-;;;/m10.../s1. The van der Waals surface area contributed by atoms with Gasteiger partial charge < -0.3 is 25.6 Å². The van der Waals surface area contributed by atoms with Gasteiger partial charge in [-0.3, -0.25) is 14.4 Å². The predicted molar refractivity (Wildman–Crippen MR) is 137 cm³/mol. The van der Waals surface area contributed by atoms with E-state index in [1.807, 2.05) is 19.9 Å². The average Bonchev–Trinajstić information content (AvgIpc) is 3.54. The molecule has 0 aromatic rings. The lowest BCUT2D eigenvalue weighted by molar-refractivity contribution is -0.171. The van der Waals surface area contributed by atoms with Gasteiger partial charge in [-0.25, -0.2) is 4.79 Å². The third-order valence-corrected chi connectivity index (χ3v) is 4.68. The molecule has 0 aromatic carbocycles. The highest BCUT2D eigenvalue weighted by Crippen LogP contribution is 2.33. The molecule has 2 aliphatic rings. The number of rotatable bonds is 6. The zero-order chi connectivity index (χ0) is 30.3. The van der Waals surface area contributed by atoms with E-state index >= 15 is 0 Å². The van der Waals surface area contributed by atoms with E-state index in [0.717, 1.165) is 24.3 Å². The lowest BCUT2D eigenvalue weighted by Gasteiger charge is -2.17. The number of methoxy groups -OCH3 is 1. The van der Waals surface area contributed by atoms with Crippen molar-refractivity contribution in [2.24, 2.45) is 17.8 Å². The Labute approximate surface area is 224 Å². The van der Waals surface area contributed by atoms with Crippen molar-refractivity contribution in [2.45, 2.75) is 66.1 Å². The molecule has 3 atom stereocenters. The van der Waals surface area contributed by atoms with E-state index in [1.54, 1.807) is 0 Å². The first kappa shape index (κ1) is 39.0. The number of amides is 4. The first-order valence-electron chi connectivity index (χ1n) is 12.2. The van der Waals surface area contributed by atoms with Crippen LogP contribution in [-0.2, 0) is 19.1 Å². The molecule has 0 unspecified atom stereocenters. The Hall–Kier alpha value is -3.48. The number of alkyl carbamates (subject to hydrolysis) is 1. The maximum absolute atomic E-state index is 12.3. The first-order valence-corrected chi connectivity index (χ1v) is 12.2. The molecule has 10 nitrogen and oxygen atoms in total. The molecule has 2 heterocycles. The number of halogens is 3. The zero-order valence-corrected chi connectivity index (χ0v) is 23.1. The van der Waals surface area contributed by atoms with Crippen LogP contribution in [0.15, 0.2) is 0 Å². The maximum Gasteiger partial charge on any atom is 0.407 e. The van der Waals surface area contributed by atoms with Gasteiger partial charge in [0.15, 0.2) is 0 Å².